The lowest BCUT2D eigenvalue weighted by Crippen LogP contribution is -2.44. The zero-order chi connectivity index (χ0) is 10.2. The lowest BCUT2D eigenvalue weighted by molar-refractivity contribution is 0.267. The second kappa shape index (κ2) is 3.01. The van der Waals surface area contributed by atoms with Crippen LogP contribution in [0.4, 0.5) is 0 Å². The van der Waals surface area contributed by atoms with Gasteiger partial charge in [-0.2, -0.15) is 0 Å². The zero-order valence-corrected chi connectivity index (χ0v) is 8.57. The normalized spacial score (nSPS) is 26.4. The summed E-state index contributed by atoms with van der Waals surface area (Å²) in [5, 5.41) is 0. The Morgan fingerprint density at radius 2 is 2.00 bits per heavy atom. The molecule has 3 nitrogen and oxygen atoms in total. The van der Waals surface area contributed by atoms with E-state index in [4.69, 9.17) is 5.73 Å². The molecule has 2 rings (SSSR count). The smallest absolute Gasteiger partial charge is 0.191 e. The molecule has 1 unspecified atom stereocenters. The van der Waals surface area contributed by atoms with Gasteiger partial charge in [0.05, 0.1) is 12.1 Å². The van der Waals surface area contributed by atoms with Crippen molar-refractivity contribution in [2.75, 3.05) is 13.6 Å². The van der Waals surface area contributed by atoms with E-state index in [-0.39, 0.29) is 5.54 Å². The molecular weight excluding hydrogens is 174 g/mol. The minimum atomic E-state index is -0.0780. The largest absolute Gasteiger partial charge is 0.370 e. The molecule has 1 atom stereocenters. The topological polar surface area (TPSA) is 41.6 Å². The molecule has 1 heterocycles. The van der Waals surface area contributed by atoms with E-state index in [9.17, 15) is 0 Å². The number of nitrogens with two attached hydrogens (primary N) is 1. The summed E-state index contributed by atoms with van der Waals surface area (Å²) in [6, 6.07) is 10.3. The number of benzene rings is 1. The molecule has 0 amide bonds. The fourth-order valence-corrected chi connectivity index (χ4v) is 1.78. The molecule has 0 radical (unpaired) electrons. The van der Waals surface area contributed by atoms with E-state index < -0.39 is 0 Å². The first-order chi connectivity index (χ1) is 6.64. The van der Waals surface area contributed by atoms with Gasteiger partial charge in [0.1, 0.15) is 0 Å². The summed E-state index contributed by atoms with van der Waals surface area (Å²) in [4.78, 5) is 6.30. The molecule has 14 heavy (non-hydrogen) atoms. The van der Waals surface area contributed by atoms with Gasteiger partial charge < -0.3 is 10.6 Å². The number of hydrogen-bond donors (Lipinski definition) is 1. The molecule has 74 valence electrons. The Kier molecular flexibility index (Phi) is 1.95. The fourth-order valence-electron chi connectivity index (χ4n) is 1.78. The van der Waals surface area contributed by atoms with E-state index in [2.05, 4.69) is 24.0 Å². The minimum Gasteiger partial charge on any atom is -0.370 e. The third kappa shape index (κ3) is 1.16. The monoisotopic (exact) mass is 189 g/mol. The van der Waals surface area contributed by atoms with Crippen LogP contribution in [-0.4, -0.2) is 24.5 Å². The van der Waals surface area contributed by atoms with Crippen molar-refractivity contribution < 1.29 is 0 Å². The van der Waals surface area contributed by atoms with Gasteiger partial charge in [0.2, 0.25) is 0 Å². The van der Waals surface area contributed by atoms with E-state index in [1.807, 2.05) is 30.1 Å². The van der Waals surface area contributed by atoms with Crippen molar-refractivity contribution >= 4 is 5.96 Å². The second-order valence-electron chi connectivity index (χ2n) is 3.87. The van der Waals surface area contributed by atoms with Crippen LogP contribution in [0.1, 0.15) is 12.5 Å². The number of hydrogen-bond acceptors (Lipinski definition) is 3. The maximum absolute atomic E-state index is 5.77. The van der Waals surface area contributed by atoms with Gasteiger partial charge in [-0.25, -0.2) is 0 Å². The predicted molar refractivity (Wildman–Crippen MR) is 58.0 cm³/mol. The maximum atomic E-state index is 5.77. The average molecular weight is 189 g/mol. The van der Waals surface area contributed by atoms with Gasteiger partial charge in [0.25, 0.3) is 0 Å². The molecule has 1 aromatic carbocycles. The number of nitrogens with zero attached hydrogens (tertiary/aromatic N) is 2. The summed E-state index contributed by atoms with van der Waals surface area (Å²) >= 11 is 0. The SMILES string of the molecule is CN1C(N)=NCC1(C)c1ccccc1. The Labute approximate surface area is 84.2 Å². The van der Waals surface area contributed by atoms with Gasteiger partial charge in [-0.05, 0) is 12.5 Å². The van der Waals surface area contributed by atoms with E-state index in [1.165, 1.54) is 5.56 Å². The average Bonchev–Trinajstić information content (AvgIpc) is 2.49. The molecule has 1 aliphatic rings. The highest BCUT2D eigenvalue weighted by Crippen LogP contribution is 2.30. The van der Waals surface area contributed by atoms with Gasteiger partial charge in [-0.3, -0.25) is 4.99 Å². The molecule has 1 aromatic rings. The van der Waals surface area contributed by atoms with Crippen LogP contribution in [0.25, 0.3) is 0 Å². The first-order valence-electron chi connectivity index (χ1n) is 4.74. The van der Waals surface area contributed by atoms with Gasteiger partial charge in [-0.15, -0.1) is 0 Å². The van der Waals surface area contributed by atoms with Crippen molar-refractivity contribution in [3.05, 3.63) is 35.9 Å². The van der Waals surface area contributed by atoms with Gasteiger partial charge in [0, 0.05) is 7.05 Å². The highest BCUT2D eigenvalue weighted by Gasteiger charge is 2.36. The standard InChI is InChI=1S/C11H15N3/c1-11(8-13-10(12)14(11)2)9-6-4-3-5-7-9/h3-7H,8H2,1-2H3,(H2,12,13). The lowest BCUT2D eigenvalue weighted by Gasteiger charge is -2.33. The summed E-state index contributed by atoms with van der Waals surface area (Å²) in [5.74, 6) is 0.622. The van der Waals surface area contributed by atoms with Crippen LogP contribution in [0, 0.1) is 0 Å². The molecule has 0 fully saturated rings. The quantitative estimate of drug-likeness (QED) is 0.720. The highest BCUT2D eigenvalue weighted by atomic mass is 15.3. The van der Waals surface area contributed by atoms with Crippen molar-refractivity contribution in [3.8, 4) is 0 Å². The summed E-state index contributed by atoms with van der Waals surface area (Å²) in [6.07, 6.45) is 0. The third-order valence-corrected chi connectivity index (χ3v) is 3.03. The molecule has 0 bridgehead atoms. The predicted octanol–water partition coefficient (Wildman–Crippen LogP) is 1.16. The number of rotatable bonds is 1. The van der Waals surface area contributed by atoms with Crippen molar-refractivity contribution in [3.63, 3.8) is 0 Å². The van der Waals surface area contributed by atoms with Crippen LogP contribution < -0.4 is 5.73 Å². The van der Waals surface area contributed by atoms with E-state index in [1.54, 1.807) is 0 Å². The van der Waals surface area contributed by atoms with E-state index in [0.717, 1.165) is 6.54 Å². The summed E-state index contributed by atoms with van der Waals surface area (Å²) in [6.45, 7) is 2.89. The molecule has 0 aromatic heterocycles. The van der Waals surface area contributed by atoms with E-state index >= 15 is 0 Å². The Bertz CT molecular complexity index is 358. The van der Waals surface area contributed by atoms with Crippen LogP contribution in [-0.2, 0) is 5.54 Å². The van der Waals surface area contributed by atoms with Gasteiger partial charge in [0.15, 0.2) is 5.96 Å². The molecule has 0 aliphatic carbocycles. The van der Waals surface area contributed by atoms with Crippen LogP contribution in [0.2, 0.25) is 0 Å². The van der Waals surface area contributed by atoms with Crippen LogP contribution >= 0.6 is 0 Å². The number of likely N-dealkylation sites (N-methyl/N-ethyl adjacent to an activating group) is 1. The fraction of sp³-hybridized carbons (Fsp3) is 0.364. The third-order valence-electron chi connectivity index (χ3n) is 3.03. The first kappa shape index (κ1) is 9.06. The molecule has 0 saturated heterocycles. The van der Waals surface area contributed by atoms with Crippen molar-refractivity contribution in [2.45, 2.75) is 12.5 Å². The van der Waals surface area contributed by atoms with Crippen molar-refractivity contribution in [1.82, 2.24) is 4.90 Å². The maximum Gasteiger partial charge on any atom is 0.191 e. The molecular formula is C11H15N3. The van der Waals surface area contributed by atoms with Crippen molar-refractivity contribution in [1.29, 1.82) is 0 Å². The Balaban J connectivity index is 2.36. The number of aliphatic imine (C=N–C) groups is 1. The molecule has 1 aliphatic heterocycles. The van der Waals surface area contributed by atoms with Crippen molar-refractivity contribution in [2.24, 2.45) is 10.7 Å². The summed E-state index contributed by atoms with van der Waals surface area (Å²) < 4.78 is 0. The lowest BCUT2D eigenvalue weighted by atomic mass is 9.92. The zero-order valence-electron chi connectivity index (χ0n) is 8.57. The van der Waals surface area contributed by atoms with Gasteiger partial charge in [-0.1, -0.05) is 30.3 Å². The van der Waals surface area contributed by atoms with Crippen LogP contribution in [0.3, 0.4) is 0 Å². The van der Waals surface area contributed by atoms with Crippen LogP contribution in [0.15, 0.2) is 35.3 Å². The molecule has 3 heteroatoms. The molecule has 0 spiro atoms. The summed E-state index contributed by atoms with van der Waals surface area (Å²) in [7, 11) is 1.98. The second-order valence-corrected chi connectivity index (χ2v) is 3.87. The number of guanidine groups is 1. The Hall–Kier alpha value is -1.51. The van der Waals surface area contributed by atoms with Gasteiger partial charge >= 0.3 is 0 Å². The molecule has 0 saturated carbocycles. The minimum absolute atomic E-state index is 0.0780. The van der Waals surface area contributed by atoms with E-state index in [0.29, 0.717) is 5.96 Å². The highest BCUT2D eigenvalue weighted by molar-refractivity contribution is 5.80. The molecule has 2 N–H and O–H groups in total. The van der Waals surface area contributed by atoms with Crippen LogP contribution in [0.5, 0.6) is 0 Å². The Morgan fingerprint density at radius 3 is 2.50 bits per heavy atom. The first-order valence-corrected chi connectivity index (χ1v) is 4.74. The Morgan fingerprint density at radius 1 is 1.36 bits per heavy atom. The summed E-state index contributed by atoms with van der Waals surface area (Å²) in [5.41, 5.74) is 6.95.